The molecule has 6 heterocycles. The number of aromatic nitrogens is 10. The minimum atomic E-state index is -4.92. The number of carbonyl (C=O) groups excluding carboxylic acids is 2. The summed E-state index contributed by atoms with van der Waals surface area (Å²) < 4.78 is 307. The molecule has 0 aliphatic heterocycles. The van der Waals surface area contributed by atoms with Crippen molar-refractivity contribution in [3.8, 4) is 45.9 Å². The second-order valence-corrected chi connectivity index (χ2v) is 41.3. The monoisotopic (exact) mass is 1980 g/mol. The number of fused-ring (bicyclic) bond motifs is 8. The number of benzene rings is 4. The number of nitrogens with one attached hydrogen (secondary N) is 2. The van der Waals surface area contributed by atoms with E-state index in [0.717, 1.165) is 52.4 Å². The van der Waals surface area contributed by atoms with Crippen molar-refractivity contribution < 1.29 is 134 Å². The summed E-state index contributed by atoms with van der Waals surface area (Å²) in [5.41, 5.74) is -1.38. The molecule has 0 bridgehead atoms. The molecule has 0 saturated heterocycles. The van der Waals surface area contributed by atoms with Crippen LogP contribution in [0.25, 0.3) is 48.8 Å². The van der Waals surface area contributed by atoms with Crippen molar-refractivity contribution in [3.63, 3.8) is 0 Å². The number of hydrogen-bond donors (Lipinski definition) is 2. The predicted molar refractivity (Wildman–Crippen MR) is 437 cm³/mol. The number of amides is 2. The first-order chi connectivity index (χ1) is 56.3. The van der Waals surface area contributed by atoms with E-state index in [0.29, 0.717) is 50.3 Å². The zero-order chi connectivity index (χ0) is 89.5. The Hall–Kier alpha value is -8.47. The van der Waals surface area contributed by atoms with Crippen LogP contribution in [-0.2, 0) is 106 Å². The van der Waals surface area contributed by atoms with Gasteiger partial charge in [0.25, 0.3) is 11.8 Å². The third kappa shape index (κ3) is 20.4. The van der Waals surface area contributed by atoms with Crippen LogP contribution in [0, 0.1) is 72.6 Å². The van der Waals surface area contributed by atoms with Crippen LogP contribution in [-0.4, -0.2) is 141 Å². The smallest absolute Gasteiger partial charge is 0.373 e. The molecule has 0 spiro atoms. The first-order valence-electron chi connectivity index (χ1n) is 36.8. The summed E-state index contributed by atoms with van der Waals surface area (Å²) in [4.78, 5) is 37.3. The van der Waals surface area contributed by atoms with E-state index in [-0.39, 0.29) is 160 Å². The molecule has 2 amide bonds. The quantitative estimate of drug-likeness (QED) is 0.0276. The van der Waals surface area contributed by atoms with Crippen LogP contribution in [0.4, 0.5) is 67.3 Å². The number of nitrogens with zero attached hydrogens (tertiary/aromatic N) is 11. The molecule has 10 aromatic rings. The largest absolute Gasteiger partial charge is 1.00 e. The SMILES string of the molecule is Cc1nn(CC(=O)N[C@@H](Cc2cc(F)cc(F)c2)c2nc(C#CC(C)(C)S(C)(=O)=O)ccc2-c2ccc(Cl)c3c(CS(C)(=O)=O)nn(CC(F)(F)F)c23)c2c1[C@H]1C[C@H]1C2(F)F.Cc1nn(CC(=O)N[C@@H](Cc2cc(F)cc(F)c2)c2nc(C#CC(C)(C)S(C)(=O)=O)ccc2-c2ccc(Cl)c3c([N-]S(C)(=O)=O)nn(CC(F)(F)F)c23)c2c1[C@H]1C[C@H]1C2(F)F.I.[Na+]. The maximum atomic E-state index is 15.4. The Labute approximate surface area is 750 Å². The van der Waals surface area contributed by atoms with Crippen molar-refractivity contribution in [2.45, 2.75) is 157 Å². The third-order valence-electron chi connectivity index (χ3n) is 21.2. The van der Waals surface area contributed by atoms with Gasteiger partial charge in [0.05, 0.1) is 62.4 Å². The topological polar surface area (TPSA) is 306 Å². The average molecular weight is 1980 g/mol. The van der Waals surface area contributed by atoms with Crippen molar-refractivity contribution in [2.75, 3.05) is 25.0 Å². The van der Waals surface area contributed by atoms with Gasteiger partial charge in [-0.3, -0.25) is 23.6 Å². The molecular weight excluding hydrogens is 1910 g/mol. The van der Waals surface area contributed by atoms with Crippen molar-refractivity contribution in [1.29, 1.82) is 0 Å². The maximum absolute atomic E-state index is 15.4. The van der Waals surface area contributed by atoms with Crippen LogP contribution >= 0.6 is 47.2 Å². The molecule has 0 radical (unpaired) electrons. The van der Waals surface area contributed by atoms with Gasteiger partial charge in [0.1, 0.15) is 81.7 Å². The summed E-state index contributed by atoms with van der Waals surface area (Å²) in [6.07, 6.45) is -6.69. The molecule has 6 atom stereocenters. The Morgan fingerprint density at radius 3 is 1.27 bits per heavy atom. The van der Waals surface area contributed by atoms with E-state index in [1.54, 1.807) is 13.8 Å². The second kappa shape index (κ2) is 34.3. The Bertz CT molecular complexity index is 6250. The van der Waals surface area contributed by atoms with Crippen molar-refractivity contribution >= 4 is 126 Å². The molecular formula is C79H71Cl2F14IN13NaO10S4. The number of sulfone groups is 3. The molecule has 124 heavy (non-hydrogen) atoms. The standard InChI is InChI=1S/C40H36ClF7N6O5S2.C39H35ClF7N7O5S2.HI.Na/c1-20-33-27-16-28(27)40(47,48)37(33)53(51-20)17-32(55)50-30(14-21-12-22(42)15-23(43)13-21)35-25(7-6-24(49-35)10-11-38(2,3)61(5,58)59)26-8-9-29(41)34-31(18-60(4,56)57)52-54(36(26)34)19-39(44,45)46;1-19-31-26-16-27(26)39(46,47)35(31)53(50-19)17-30(55)49-29(14-20-12-21(41)15-22(42)13-20)33-24(7-6-23(48-33)10-11-37(2,3)60(4,56)57)25-8-9-28(40)32-34(25)54(18-38(43,44)45)51-36(32)52-61(5,58)59;;/h6-9,12-13,15,27-28,30H,14,16-19H2,1-5H3,(H,50,55);6-9,12-13,15,26-27,29H,14,16-18H2,1-5H3,(H2,49,51,52,55);1H;/q;;;+1/p-1/t27-,28+,30-;26-,27+,29-;;/m00../s1. The number of hydrogen-bond acceptors (Lipinski definition) is 16. The Morgan fingerprint density at radius 2 is 0.903 bits per heavy atom. The summed E-state index contributed by atoms with van der Waals surface area (Å²) in [7, 11) is -15.7. The van der Waals surface area contributed by atoms with E-state index in [1.165, 1.54) is 76.2 Å². The fraction of sp³-hybridized carbons (Fsp3) is 0.392. The number of halogens is 17. The summed E-state index contributed by atoms with van der Waals surface area (Å²) in [5, 5.41) is 20.8. The maximum Gasteiger partial charge on any atom is 1.00 e. The third-order valence-corrected chi connectivity index (χ3v) is 27.0. The number of alkyl halides is 10. The van der Waals surface area contributed by atoms with Crippen LogP contribution in [0.5, 0.6) is 0 Å². The number of aryl methyl sites for hydroxylation is 2. The van der Waals surface area contributed by atoms with Crippen LogP contribution in [0.1, 0.15) is 138 Å². The first-order valence-corrected chi connectivity index (χ1v) is 45.2. The van der Waals surface area contributed by atoms with Gasteiger partial charge in [-0.15, -0.1) is 24.0 Å². The van der Waals surface area contributed by atoms with Gasteiger partial charge in [0.2, 0.25) is 11.8 Å². The molecule has 2 N–H and O–H groups in total. The van der Waals surface area contributed by atoms with E-state index >= 15 is 17.6 Å². The molecule has 656 valence electrons. The van der Waals surface area contributed by atoms with E-state index in [9.17, 15) is 87.2 Å². The van der Waals surface area contributed by atoms with Crippen LogP contribution in [0.2, 0.25) is 10.0 Å². The molecule has 4 aliphatic rings. The van der Waals surface area contributed by atoms with Crippen molar-refractivity contribution in [1.82, 2.24) is 59.7 Å². The zero-order valence-corrected chi connectivity index (χ0v) is 76.1. The summed E-state index contributed by atoms with van der Waals surface area (Å²) >= 11 is 13.0. The molecule has 14 rings (SSSR count). The number of rotatable bonds is 22. The van der Waals surface area contributed by atoms with Gasteiger partial charge >= 0.3 is 41.9 Å². The molecule has 2 saturated carbocycles. The molecule has 4 aromatic carbocycles. The van der Waals surface area contributed by atoms with E-state index in [1.807, 2.05) is 0 Å². The second-order valence-electron chi connectivity index (χ2n) is 31.5. The van der Waals surface area contributed by atoms with Gasteiger partial charge < -0.3 is 25.1 Å². The van der Waals surface area contributed by atoms with Gasteiger partial charge in [-0.25, -0.2) is 61.2 Å². The van der Waals surface area contributed by atoms with E-state index < -0.39 is 206 Å². The number of carbonyl (C=O) groups is 2. The molecule has 0 unspecified atom stereocenters. The van der Waals surface area contributed by atoms with Crippen LogP contribution in [0.15, 0.2) is 84.9 Å². The fourth-order valence-electron chi connectivity index (χ4n) is 15.2. The average Bonchev–Trinajstić information content (AvgIpc) is 1.53. The predicted octanol–water partition coefficient (Wildman–Crippen LogP) is 12.3. The first kappa shape index (κ1) is 96.2. The van der Waals surface area contributed by atoms with E-state index in [4.69, 9.17) is 23.2 Å². The van der Waals surface area contributed by atoms with E-state index in [2.05, 4.69) is 69.4 Å². The number of sulfonamides is 1. The molecule has 2 fully saturated rings. The van der Waals surface area contributed by atoms with Crippen molar-refractivity contribution in [3.05, 3.63) is 196 Å². The molecule has 23 nitrogen and oxygen atoms in total. The summed E-state index contributed by atoms with van der Waals surface area (Å²) in [5.74, 6) is -5.90. The Balaban J connectivity index is 0.000000238. The van der Waals surface area contributed by atoms with Crippen LogP contribution < -0.4 is 40.2 Å². The van der Waals surface area contributed by atoms with Crippen molar-refractivity contribution in [2.24, 2.45) is 11.8 Å². The Morgan fingerprint density at radius 1 is 0.540 bits per heavy atom. The summed E-state index contributed by atoms with van der Waals surface area (Å²) in [6.45, 7) is 3.49. The molecule has 6 aromatic heterocycles. The zero-order valence-electron chi connectivity index (χ0n) is 67.0. The normalized spacial score (nSPS) is 17.4. The van der Waals surface area contributed by atoms with Crippen LogP contribution in [0.3, 0.4) is 0 Å². The van der Waals surface area contributed by atoms with Gasteiger partial charge in [-0.1, -0.05) is 47.2 Å². The molecule has 45 heteroatoms. The van der Waals surface area contributed by atoms with Gasteiger partial charge in [0.15, 0.2) is 39.5 Å². The summed E-state index contributed by atoms with van der Waals surface area (Å²) in [6, 6.07) is 12.5. The van der Waals surface area contributed by atoms with Gasteiger partial charge in [-0.2, -0.15) is 59.2 Å². The van der Waals surface area contributed by atoms with Gasteiger partial charge in [-0.05, 0) is 169 Å². The minimum Gasteiger partial charge on any atom is -0.373 e. The fourth-order valence-corrected chi connectivity index (χ4v) is 17.3. The Kier molecular flexibility index (Phi) is 26.6. The minimum absolute atomic E-state index is 0. The molecule has 4 aliphatic carbocycles. The van der Waals surface area contributed by atoms with Gasteiger partial charge in [0, 0.05) is 98.2 Å². The number of pyridine rings is 2.